The highest BCUT2D eigenvalue weighted by Crippen LogP contribution is 2.23. The predicted octanol–water partition coefficient (Wildman–Crippen LogP) is 1.71. The summed E-state index contributed by atoms with van der Waals surface area (Å²) in [6.07, 6.45) is 11.0. The van der Waals surface area contributed by atoms with Crippen molar-refractivity contribution in [3.8, 4) is 0 Å². The molecule has 0 aromatic carbocycles. The van der Waals surface area contributed by atoms with Crippen molar-refractivity contribution in [3.05, 3.63) is 48.4 Å². The number of likely N-dealkylation sites (tertiary alicyclic amines) is 1. The fraction of sp³-hybridized carbons (Fsp3) is 0.375. The summed E-state index contributed by atoms with van der Waals surface area (Å²) < 4.78 is 3.73. The summed E-state index contributed by atoms with van der Waals surface area (Å²) in [6, 6.07) is 2.16. The molecule has 0 saturated carbocycles. The summed E-state index contributed by atoms with van der Waals surface area (Å²) in [5, 5.41) is 4.24. The van der Waals surface area contributed by atoms with Crippen LogP contribution in [-0.2, 0) is 0 Å². The minimum absolute atomic E-state index is 0.00270. The predicted molar refractivity (Wildman–Crippen MR) is 84.1 cm³/mol. The molecule has 3 aromatic rings. The van der Waals surface area contributed by atoms with E-state index in [0.29, 0.717) is 17.8 Å². The number of amides is 1. The van der Waals surface area contributed by atoms with E-state index in [1.165, 1.54) is 0 Å². The van der Waals surface area contributed by atoms with Crippen LogP contribution in [0.3, 0.4) is 0 Å². The molecule has 23 heavy (non-hydrogen) atoms. The van der Waals surface area contributed by atoms with Crippen LogP contribution in [0.4, 0.5) is 0 Å². The van der Waals surface area contributed by atoms with Crippen LogP contribution in [0.15, 0.2) is 37.2 Å². The quantitative estimate of drug-likeness (QED) is 0.722. The van der Waals surface area contributed by atoms with Gasteiger partial charge in [0, 0.05) is 37.4 Å². The van der Waals surface area contributed by atoms with E-state index in [0.717, 1.165) is 25.1 Å². The first-order valence-corrected chi connectivity index (χ1v) is 7.80. The normalized spacial score (nSPS) is 18.5. The van der Waals surface area contributed by atoms with Gasteiger partial charge in [-0.25, -0.2) is 14.5 Å². The number of aromatic nitrogens is 5. The van der Waals surface area contributed by atoms with Crippen molar-refractivity contribution < 1.29 is 4.79 Å². The van der Waals surface area contributed by atoms with E-state index in [-0.39, 0.29) is 11.9 Å². The smallest absolute Gasteiger partial charge is 0.259 e. The molecule has 0 N–H and O–H groups in total. The number of imidazole rings is 1. The third-order valence-corrected chi connectivity index (χ3v) is 4.37. The molecule has 1 aliphatic rings. The van der Waals surface area contributed by atoms with Gasteiger partial charge in [-0.15, -0.1) is 0 Å². The average molecular weight is 310 g/mol. The standard InChI is InChI=1S/C16H18N6O/c1-12-4-7-22-15(19-12)14(9-18-22)16(23)20-6-2-3-13(10-20)21-8-5-17-11-21/h4-5,7-9,11,13H,2-3,6,10H2,1H3. The molecule has 0 radical (unpaired) electrons. The number of aryl methyl sites for hydroxylation is 1. The zero-order valence-electron chi connectivity index (χ0n) is 13.0. The van der Waals surface area contributed by atoms with Crippen molar-refractivity contribution in [1.82, 2.24) is 29.0 Å². The molecule has 3 aromatic heterocycles. The largest absolute Gasteiger partial charge is 0.336 e. The first kappa shape index (κ1) is 13.9. The zero-order chi connectivity index (χ0) is 15.8. The molecule has 1 atom stereocenters. The molecule has 1 saturated heterocycles. The first-order chi connectivity index (χ1) is 11.2. The Morgan fingerprint density at radius 3 is 3.09 bits per heavy atom. The number of hydrogen-bond acceptors (Lipinski definition) is 4. The molecule has 1 aliphatic heterocycles. The number of fused-ring (bicyclic) bond motifs is 1. The summed E-state index contributed by atoms with van der Waals surface area (Å²) in [5.74, 6) is 0.00270. The zero-order valence-corrected chi connectivity index (χ0v) is 13.0. The second-order valence-electron chi connectivity index (χ2n) is 5.95. The van der Waals surface area contributed by atoms with Crippen LogP contribution >= 0.6 is 0 Å². The Hall–Kier alpha value is -2.70. The number of rotatable bonds is 2. The van der Waals surface area contributed by atoms with Crippen LogP contribution in [0.2, 0.25) is 0 Å². The lowest BCUT2D eigenvalue weighted by molar-refractivity contribution is 0.0681. The fourth-order valence-corrected chi connectivity index (χ4v) is 3.15. The highest BCUT2D eigenvalue weighted by atomic mass is 16.2. The second-order valence-corrected chi connectivity index (χ2v) is 5.95. The molecule has 4 heterocycles. The Morgan fingerprint density at radius 2 is 2.26 bits per heavy atom. The summed E-state index contributed by atoms with van der Waals surface area (Å²) >= 11 is 0. The lowest BCUT2D eigenvalue weighted by atomic mass is 10.0. The Labute approximate surface area is 133 Å². The first-order valence-electron chi connectivity index (χ1n) is 7.80. The number of nitrogens with zero attached hydrogens (tertiary/aromatic N) is 6. The third kappa shape index (κ3) is 2.48. The third-order valence-electron chi connectivity index (χ3n) is 4.37. The SMILES string of the molecule is Cc1ccn2ncc(C(=O)N3CCCC(n4ccnc4)C3)c2n1. The lowest BCUT2D eigenvalue weighted by Gasteiger charge is -2.33. The van der Waals surface area contributed by atoms with Crippen molar-refractivity contribution in [2.24, 2.45) is 0 Å². The molecule has 1 unspecified atom stereocenters. The van der Waals surface area contributed by atoms with E-state index in [1.807, 2.05) is 36.6 Å². The lowest BCUT2D eigenvalue weighted by Crippen LogP contribution is -2.40. The van der Waals surface area contributed by atoms with E-state index < -0.39 is 0 Å². The van der Waals surface area contributed by atoms with Crippen molar-refractivity contribution in [1.29, 1.82) is 0 Å². The molecular weight excluding hydrogens is 292 g/mol. The number of carbonyl (C=O) groups excluding carboxylic acids is 1. The number of hydrogen-bond donors (Lipinski definition) is 0. The molecule has 4 rings (SSSR count). The highest BCUT2D eigenvalue weighted by molar-refractivity contribution is 5.99. The Kier molecular flexibility index (Phi) is 3.33. The van der Waals surface area contributed by atoms with Crippen LogP contribution in [0, 0.1) is 6.92 Å². The molecule has 7 nitrogen and oxygen atoms in total. The summed E-state index contributed by atoms with van der Waals surface area (Å²) in [7, 11) is 0. The fourth-order valence-electron chi connectivity index (χ4n) is 3.15. The maximum atomic E-state index is 12.9. The number of carbonyl (C=O) groups is 1. The molecule has 0 spiro atoms. The number of piperidine rings is 1. The molecule has 0 bridgehead atoms. The van der Waals surface area contributed by atoms with Gasteiger partial charge < -0.3 is 9.47 Å². The molecule has 1 amide bonds. The molecule has 118 valence electrons. The molecule has 0 aliphatic carbocycles. The molecular formula is C16H18N6O. The van der Waals surface area contributed by atoms with Gasteiger partial charge in [0.15, 0.2) is 5.65 Å². The van der Waals surface area contributed by atoms with Crippen LogP contribution in [0.25, 0.3) is 5.65 Å². The minimum Gasteiger partial charge on any atom is -0.336 e. The van der Waals surface area contributed by atoms with Crippen LogP contribution < -0.4 is 0 Å². The van der Waals surface area contributed by atoms with E-state index in [4.69, 9.17) is 0 Å². The highest BCUT2D eigenvalue weighted by Gasteiger charge is 2.27. The van der Waals surface area contributed by atoms with Gasteiger partial charge in [-0.1, -0.05) is 0 Å². The van der Waals surface area contributed by atoms with Gasteiger partial charge >= 0.3 is 0 Å². The Morgan fingerprint density at radius 1 is 1.35 bits per heavy atom. The van der Waals surface area contributed by atoms with Crippen LogP contribution in [0.1, 0.15) is 34.9 Å². The van der Waals surface area contributed by atoms with Crippen molar-refractivity contribution in [2.75, 3.05) is 13.1 Å². The maximum absolute atomic E-state index is 12.9. The van der Waals surface area contributed by atoms with E-state index >= 15 is 0 Å². The summed E-state index contributed by atoms with van der Waals surface area (Å²) in [5.41, 5.74) is 2.07. The molecule has 7 heteroatoms. The van der Waals surface area contributed by atoms with Gasteiger partial charge in [-0.3, -0.25) is 4.79 Å². The van der Waals surface area contributed by atoms with Gasteiger partial charge in [0.25, 0.3) is 5.91 Å². The van der Waals surface area contributed by atoms with Gasteiger partial charge in [-0.2, -0.15) is 5.10 Å². The summed E-state index contributed by atoms with van der Waals surface area (Å²) in [4.78, 5) is 23.4. The van der Waals surface area contributed by atoms with E-state index in [9.17, 15) is 4.79 Å². The van der Waals surface area contributed by atoms with Crippen molar-refractivity contribution in [3.63, 3.8) is 0 Å². The maximum Gasteiger partial charge on any atom is 0.259 e. The van der Waals surface area contributed by atoms with Crippen molar-refractivity contribution >= 4 is 11.6 Å². The molecule has 1 fully saturated rings. The van der Waals surface area contributed by atoms with Gasteiger partial charge in [0.05, 0.1) is 18.6 Å². The van der Waals surface area contributed by atoms with Gasteiger partial charge in [-0.05, 0) is 25.8 Å². The Balaban J connectivity index is 1.61. The van der Waals surface area contributed by atoms with Crippen LogP contribution in [0.5, 0.6) is 0 Å². The topological polar surface area (TPSA) is 68.3 Å². The van der Waals surface area contributed by atoms with Gasteiger partial charge in [0.2, 0.25) is 0 Å². The van der Waals surface area contributed by atoms with E-state index in [2.05, 4.69) is 19.6 Å². The second kappa shape index (κ2) is 5.49. The monoisotopic (exact) mass is 310 g/mol. The minimum atomic E-state index is 0.00270. The van der Waals surface area contributed by atoms with E-state index in [1.54, 1.807) is 16.9 Å². The van der Waals surface area contributed by atoms with Crippen molar-refractivity contribution in [2.45, 2.75) is 25.8 Å². The van der Waals surface area contributed by atoms with Crippen LogP contribution in [-0.4, -0.2) is 48.0 Å². The summed E-state index contributed by atoms with van der Waals surface area (Å²) in [6.45, 7) is 3.38. The Bertz CT molecular complexity index is 838. The average Bonchev–Trinajstić information content (AvgIpc) is 3.24. The van der Waals surface area contributed by atoms with Gasteiger partial charge in [0.1, 0.15) is 5.56 Å².